The number of nitro groups is 1. The molecule has 1 atom stereocenters. The van der Waals surface area contributed by atoms with E-state index in [0.29, 0.717) is 5.56 Å². The molecule has 0 radical (unpaired) electrons. The van der Waals surface area contributed by atoms with Crippen LogP contribution in [-0.2, 0) is 9.47 Å². The van der Waals surface area contributed by atoms with Crippen LogP contribution in [0.4, 0.5) is 5.69 Å². The second-order valence-electron chi connectivity index (χ2n) is 8.06. The van der Waals surface area contributed by atoms with Crippen LogP contribution < -0.4 is 0 Å². The molecule has 36 heavy (non-hydrogen) atoms. The lowest BCUT2D eigenvalue weighted by Gasteiger charge is -2.17. The van der Waals surface area contributed by atoms with E-state index in [1.54, 1.807) is 6.07 Å². The van der Waals surface area contributed by atoms with E-state index in [0.717, 1.165) is 27.1 Å². The largest absolute Gasteiger partial charge is 0.453 e. The monoisotopic (exact) mass is 480 g/mol. The van der Waals surface area contributed by atoms with E-state index in [-0.39, 0.29) is 17.0 Å². The molecule has 0 fully saturated rings. The Hall–Kier alpha value is -5.25. The highest BCUT2D eigenvalue weighted by molar-refractivity contribution is 6.24. The van der Waals surface area contributed by atoms with Crippen molar-refractivity contribution in [3.05, 3.63) is 117 Å². The lowest BCUT2D eigenvalue weighted by molar-refractivity contribution is -0.385. The zero-order chi connectivity index (χ0) is 24.8. The van der Waals surface area contributed by atoms with Gasteiger partial charge in [0.2, 0.25) is 5.88 Å². The number of hydrogen-bond donors (Lipinski definition) is 1. The number of imide groups is 1. The molecule has 1 N–H and O–H groups in total. The zero-order valence-corrected chi connectivity index (χ0v) is 18.5. The lowest BCUT2D eigenvalue weighted by Crippen LogP contribution is -2.29. The van der Waals surface area contributed by atoms with Gasteiger partial charge in [0, 0.05) is 17.0 Å². The smallest absolute Gasteiger partial charge is 0.283 e. The number of ether oxygens (including phenoxy) is 2. The van der Waals surface area contributed by atoms with Gasteiger partial charge in [-0.05, 0) is 23.8 Å². The summed E-state index contributed by atoms with van der Waals surface area (Å²) in [5.41, 5.74) is 2.35. The highest BCUT2D eigenvalue weighted by Crippen LogP contribution is 2.38. The van der Waals surface area contributed by atoms with E-state index in [1.807, 2.05) is 54.6 Å². The molecule has 0 aliphatic carbocycles. The third-order valence-corrected chi connectivity index (χ3v) is 6.00. The molecule has 1 unspecified atom stereocenters. The first-order valence-electron chi connectivity index (χ1n) is 10.9. The van der Waals surface area contributed by atoms with Crippen LogP contribution in [0, 0.1) is 10.1 Å². The van der Waals surface area contributed by atoms with E-state index in [9.17, 15) is 19.7 Å². The van der Waals surface area contributed by atoms with Crippen molar-refractivity contribution in [2.45, 2.75) is 6.29 Å². The Labute approximate surface area is 203 Å². The first kappa shape index (κ1) is 21.3. The molecule has 2 amide bonds. The number of nitrogens with zero attached hydrogens (tertiary/aromatic N) is 3. The second-order valence-corrected chi connectivity index (χ2v) is 8.06. The predicted octanol–water partition coefficient (Wildman–Crippen LogP) is 4.78. The maximum Gasteiger partial charge on any atom is 0.283 e. The average molecular weight is 480 g/mol. The number of para-hydroxylation sites is 1. The van der Waals surface area contributed by atoms with Gasteiger partial charge in [-0.15, -0.1) is 0 Å². The molecular weight excluding hydrogens is 464 g/mol. The number of aromatic nitrogens is 2. The van der Waals surface area contributed by atoms with Gasteiger partial charge in [0.25, 0.3) is 23.8 Å². The predicted molar refractivity (Wildman–Crippen MR) is 128 cm³/mol. The number of carbonyl (C=O) groups is 2. The van der Waals surface area contributed by atoms with Crippen molar-refractivity contribution in [1.29, 1.82) is 0 Å². The molecule has 6 rings (SSSR count). The van der Waals surface area contributed by atoms with Gasteiger partial charge in [-0.2, -0.15) is 5.10 Å². The number of aromatic amines is 1. The van der Waals surface area contributed by atoms with Crippen molar-refractivity contribution in [2.24, 2.45) is 0 Å². The molecule has 0 bridgehead atoms. The van der Waals surface area contributed by atoms with Crippen molar-refractivity contribution in [3.63, 3.8) is 0 Å². The summed E-state index contributed by atoms with van der Waals surface area (Å²) in [6.07, 6.45) is 3.97. The summed E-state index contributed by atoms with van der Waals surface area (Å²) in [7, 11) is 0. The fourth-order valence-electron chi connectivity index (χ4n) is 4.31. The summed E-state index contributed by atoms with van der Waals surface area (Å²) in [5.74, 6) is -1.69. The first-order valence-corrected chi connectivity index (χ1v) is 10.9. The normalized spacial score (nSPS) is 16.8. The van der Waals surface area contributed by atoms with Gasteiger partial charge >= 0.3 is 0 Å². The quantitative estimate of drug-likeness (QED) is 0.247. The van der Waals surface area contributed by atoms with Crippen molar-refractivity contribution < 1.29 is 24.0 Å². The van der Waals surface area contributed by atoms with E-state index >= 15 is 0 Å². The molecule has 10 nitrogen and oxygen atoms in total. The Morgan fingerprint density at radius 2 is 1.78 bits per heavy atom. The lowest BCUT2D eigenvalue weighted by atomic mass is 10.1. The molecule has 10 heteroatoms. The Bertz CT molecular complexity index is 1640. The molecule has 0 saturated heterocycles. The number of H-pyrrole nitrogens is 1. The van der Waals surface area contributed by atoms with Crippen LogP contribution in [-0.4, -0.2) is 31.8 Å². The van der Waals surface area contributed by atoms with Crippen molar-refractivity contribution >= 4 is 40.6 Å². The van der Waals surface area contributed by atoms with Gasteiger partial charge in [0.1, 0.15) is 11.8 Å². The van der Waals surface area contributed by atoms with Crippen LogP contribution in [0.5, 0.6) is 0 Å². The fourth-order valence-corrected chi connectivity index (χ4v) is 4.31. The molecule has 3 heterocycles. The van der Waals surface area contributed by atoms with Gasteiger partial charge in [0.15, 0.2) is 0 Å². The van der Waals surface area contributed by atoms with Crippen molar-refractivity contribution in [3.8, 4) is 0 Å². The van der Waals surface area contributed by atoms with Gasteiger partial charge in [-0.25, -0.2) is 4.90 Å². The van der Waals surface area contributed by atoms with Crippen LogP contribution in [0.1, 0.15) is 43.8 Å². The fraction of sp³-hybridized carbons (Fsp3) is 0.0385. The van der Waals surface area contributed by atoms with Crippen LogP contribution >= 0.6 is 0 Å². The summed E-state index contributed by atoms with van der Waals surface area (Å²) < 4.78 is 11.5. The van der Waals surface area contributed by atoms with Crippen LogP contribution in [0.15, 0.2) is 78.9 Å². The summed E-state index contributed by atoms with van der Waals surface area (Å²) in [6.45, 7) is 0. The number of fused-ring (bicyclic) bond motifs is 2. The number of nitro benzene ring substituents is 1. The van der Waals surface area contributed by atoms with Gasteiger partial charge < -0.3 is 9.47 Å². The Balaban J connectivity index is 1.26. The van der Waals surface area contributed by atoms with Crippen molar-refractivity contribution in [1.82, 2.24) is 15.1 Å². The SMILES string of the molecule is O=C1c2cccc([N+](=O)[O-])c2C(=O)N1C1=COC(c2ccccc2/C=C/c2n[nH]c3ccccc23)O1. The number of rotatable bonds is 5. The highest BCUT2D eigenvalue weighted by atomic mass is 16.7. The third-order valence-electron chi connectivity index (χ3n) is 6.00. The maximum absolute atomic E-state index is 13.0. The molecule has 2 aliphatic heterocycles. The standard InChI is InChI=1S/C26H16N4O6/c31-24-18-9-5-11-21(30(33)34)23(18)25(32)29(24)22-14-35-26(36-22)16-7-2-1-6-15(16)12-13-20-17-8-3-4-10-19(17)27-28-20/h1-14,26H,(H,27,28)/b13-12+. The van der Waals surface area contributed by atoms with E-state index < -0.39 is 28.7 Å². The second kappa shape index (κ2) is 8.20. The van der Waals surface area contributed by atoms with E-state index in [4.69, 9.17) is 9.47 Å². The van der Waals surface area contributed by atoms with Crippen LogP contribution in [0.3, 0.4) is 0 Å². The number of carbonyl (C=O) groups excluding carboxylic acids is 2. The minimum absolute atomic E-state index is 0.0586. The average Bonchev–Trinajstić information content (AvgIpc) is 3.60. The molecule has 4 aromatic rings. The van der Waals surface area contributed by atoms with E-state index in [1.165, 1.54) is 24.5 Å². The topological polar surface area (TPSA) is 128 Å². The van der Waals surface area contributed by atoms with E-state index in [2.05, 4.69) is 10.2 Å². The minimum Gasteiger partial charge on any atom is -0.453 e. The number of hydrogen-bond acceptors (Lipinski definition) is 7. The van der Waals surface area contributed by atoms with Gasteiger partial charge in [-0.3, -0.25) is 24.8 Å². The molecule has 0 spiro atoms. The number of benzene rings is 3. The highest BCUT2D eigenvalue weighted by Gasteiger charge is 2.45. The molecule has 0 saturated carbocycles. The first-order chi connectivity index (χ1) is 17.5. The summed E-state index contributed by atoms with van der Waals surface area (Å²) in [6, 6.07) is 19.0. The molecule has 3 aromatic carbocycles. The molecule has 176 valence electrons. The third kappa shape index (κ3) is 3.31. The summed E-state index contributed by atoms with van der Waals surface area (Å²) >= 11 is 0. The Kier molecular flexibility index (Phi) is 4.85. The maximum atomic E-state index is 13.0. The molecule has 2 aliphatic rings. The molecular formula is C26H16N4O6. The Morgan fingerprint density at radius 3 is 2.64 bits per heavy atom. The number of amides is 2. The Morgan fingerprint density at radius 1 is 0.972 bits per heavy atom. The van der Waals surface area contributed by atoms with Crippen LogP contribution in [0.2, 0.25) is 0 Å². The summed E-state index contributed by atoms with van der Waals surface area (Å²) in [5, 5.41) is 19.7. The molecule has 1 aromatic heterocycles. The van der Waals surface area contributed by atoms with Gasteiger partial charge in [0.05, 0.1) is 21.7 Å². The van der Waals surface area contributed by atoms with Crippen LogP contribution in [0.25, 0.3) is 23.1 Å². The number of nitrogens with one attached hydrogen (secondary N) is 1. The van der Waals surface area contributed by atoms with Gasteiger partial charge in [-0.1, -0.05) is 54.6 Å². The summed E-state index contributed by atoms with van der Waals surface area (Å²) in [4.78, 5) is 37.3. The minimum atomic E-state index is -0.934. The zero-order valence-electron chi connectivity index (χ0n) is 18.5. The van der Waals surface area contributed by atoms with Crippen molar-refractivity contribution in [2.75, 3.05) is 0 Å².